The fourth-order valence-corrected chi connectivity index (χ4v) is 0.993. The normalized spacial score (nSPS) is 20.8. The Morgan fingerprint density at radius 1 is 1.58 bits per heavy atom. The Labute approximate surface area is 68.7 Å². The second-order valence-electron chi connectivity index (χ2n) is 2.34. The van der Waals surface area contributed by atoms with Gasteiger partial charge in [-0.25, -0.2) is 10.0 Å². The summed E-state index contributed by atoms with van der Waals surface area (Å²) in [5.74, 6) is 0.594. The van der Waals surface area contributed by atoms with Crippen molar-refractivity contribution in [2.45, 2.75) is 0 Å². The van der Waals surface area contributed by atoms with Gasteiger partial charge in [0, 0.05) is 12.3 Å². The van der Waals surface area contributed by atoms with Crippen LogP contribution in [0.25, 0.3) is 0 Å². The fraction of sp³-hybridized carbons (Fsp3) is 0.167. The molecule has 0 aromatic rings. The van der Waals surface area contributed by atoms with E-state index < -0.39 is 0 Å². The molecule has 0 atom stereocenters. The third kappa shape index (κ3) is 0.936. The summed E-state index contributed by atoms with van der Waals surface area (Å²) >= 11 is 0. The van der Waals surface area contributed by atoms with E-state index in [2.05, 4.69) is 10.5 Å². The number of aliphatic hydroxyl groups is 2. The second kappa shape index (κ2) is 2.50. The van der Waals surface area contributed by atoms with E-state index in [9.17, 15) is 5.11 Å². The molecule has 0 unspecified atom stereocenters. The molecule has 3 N–H and O–H groups in total. The molecule has 2 aliphatic rings. The summed E-state index contributed by atoms with van der Waals surface area (Å²) in [6.07, 6.45) is 4.52. The molecule has 0 aromatic heterocycles. The first-order valence-electron chi connectivity index (χ1n) is 3.40. The van der Waals surface area contributed by atoms with Gasteiger partial charge in [0.15, 0.2) is 5.82 Å². The maximum absolute atomic E-state index is 9.28. The summed E-state index contributed by atoms with van der Waals surface area (Å²) in [6, 6.07) is 0. The number of rotatable bonds is 1. The van der Waals surface area contributed by atoms with Gasteiger partial charge in [-0.1, -0.05) is 0 Å². The van der Waals surface area contributed by atoms with E-state index in [0.29, 0.717) is 5.82 Å². The molecule has 6 heteroatoms. The highest BCUT2D eigenvalue weighted by Crippen LogP contribution is 2.18. The summed E-state index contributed by atoms with van der Waals surface area (Å²) in [7, 11) is 0. The molecule has 2 aliphatic heterocycles. The maximum Gasteiger partial charge on any atom is 0.210 e. The van der Waals surface area contributed by atoms with Gasteiger partial charge in [0.1, 0.15) is 6.73 Å². The fourth-order valence-electron chi connectivity index (χ4n) is 0.993. The van der Waals surface area contributed by atoms with Crippen molar-refractivity contribution in [2.75, 3.05) is 6.73 Å². The van der Waals surface area contributed by atoms with Crippen LogP contribution in [0.2, 0.25) is 0 Å². The number of allylic oxidation sites excluding steroid dienone is 1. The van der Waals surface area contributed by atoms with E-state index in [1.165, 1.54) is 22.3 Å². The molecule has 0 fully saturated rings. The van der Waals surface area contributed by atoms with Crippen molar-refractivity contribution < 1.29 is 10.2 Å². The molecule has 2 rings (SSSR count). The first-order chi connectivity index (χ1) is 5.81. The standard InChI is InChI=1S/C6H8N4O2/c11-4-9-3-5-7-2-1-6(12)10(5)8-9/h1-3,8,11-12H,4H2. The van der Waals surface area contributed by atoms with E-state index in [1.54, 1.807) is 6.20 Å². The predicted molar refractivity (Wildman–Crippen MR) is 41.2 cm³/mol. The lowest BCUT2D eigenvalue weighted by Crippen LogP contribution is -2.40. The van der Waals surface area contributed by atoms with Gasteiger partial charge >= 0.3 is 0 Å². The molecule has 0 bridgehead atoms. The van der Waals surface area contributed by atoms with Gasteiger partial charge in [0.2, 0.25) is 5.88 Å². The van der Waals surface area contributed by atoms with E-state index in [1.807, 2.05) is 0 Å². The molecular weight excluding hydrogens is 160 g/mol. The molecule has 0 saturated heterocycles. The number of aliphatic hydroxyl groups excluding tert-OH is 2. The summed E-state index contributed by atoms with van der Waals surface area (Å²) in [6.45, 7) is -0.178. The Morgan fingerprint density at radius 2 is 2.42 bits per heavy atom. The zero-order chi connectivity index (χ0) is 8.55. The highest BCUT2D eigenvalue weighted by atomic mass is 16.3. The van der Waals surface area contributed by atoms with Crippen LogP contribution in [0.4, 0.5) is 0 Å². The molecule has 2 heterocycles. The molecule has 0 aliphatic carbocycles. The van der Waals surface area contributed by atoms with Crippen LogP contribution >= 0.6 is 0 Å². The highest BCUT2D eigenvalue weighted by molar-refractivity contribution is 5.74. The lowest BCUT2D eigenvalue weighted by atomic mass is 10.5. The second-order valence-corrected chi connectivity index (χ2v) is 2.34. The summed E-state index contributed by atoms with van der Waals surface area (Å²) in [5.41, 5.74) is 2.68. The van der Waals surface area contributed by atoms with E-state index >= 15 is 0 Å². The number of nitrogens with zero attached hydrogens (tertiary/aromatic N) is 3. The number of hydrogen-bond donors (Lipinski definition) is 3. The highest BCUT2D eigenvalue weighted by Gasteiger charge is 2.23. The van der Waals surface area contributed by atoms with Gasteiger partial charge in [-0.3, -0.25) is 5.01 Å². The predicted octanol–water partition coefficient (Wildman–Crippen LogP) is -0.744. The minimum absolute atomic E-state index is 0.0483. The Kier molecular flexibility index (Phi) is 1.49. The Bertz CT molecular complexity index is 283. The van der Waals surface area contributed by atoms with Crippen LogP contribution in [-0.2, 0) is 0 Å². The largest absolute Gasteiger partial charge is 0.493 e. The minimum atomic E-state index is -0.178. The third-order valence-corrected chi connectivity index (χ3v) is 1.54. The monoisotopic (exact) mass is 168 g/mol. The molecule has 0 spiro atoms. The summed E-state index contributed by atoms with van der Waals surface area (Å²) in [4.78, 5) is 3.95. The first-order valence-corrected chi connectivity index (χ1v) is 3.40. The third-order valence-electron chi connectivity index (χ3n) is 1.54. The number of nitrogens with one attached hydrogen (secondary N) is 1. The molecule has 0 saturated carbocycles. The number of fused-ring (bicyclic) bond motifs is 1. The molecule has 12 heavy (non-hydrogen) atoms. The number of aliphatic imine (C=N–C) groups is 1. The van der Waals surface area contributed by atoms with Crippen molar-refractivity contribution >= 4 is 6.21 Å². The van der Waals surface area contributed by atoms with Crippen LogP contribution in [0.5, 0.6) is 0 Å². The van der Waals surface area contributed by atoms with Gasteiger partial charge in [-0.15, -0.1) is 5.53 Å². The van der Waals surface area contributed by atoms with Gasteiger partial charge in [0.05, 0.1) is 6.20 Å². The molecule has 64 valence electrons. The molecular formula is C6H8N4O2. The SMILES string of the molecule is OCN1C=C2N=CC=C(O)N2N1. The van der Waals surface area contributed by atoms with E-state index in [-0.39, 0.29) is 12.6 Å². The Morgan fingerprint density at radius 3 is 3.08 bits per heavy atom. The zero-order valence-corrected chi connectivity index (χ0v) is 6.18. The van der Waals surface area contributed by atoms with Gasteiger partial charge in [0.25, 0.3) is 0 Å². The molecule has 0 amide bonds. The van der Waals surface area contributed by atoms with Crippen molar-refractivity contribution in [3.8, 4) is 0 Å². The Hall–Kier alpha value is -1.53. The molecule has 6 nitrogen and oxygen atoms in total. The maximum atomic E-state index is 9.28. The van der Waals surface area contributed by atoms with Crippen molar-refractivity contribution in [1.29, 1.82) is 0 Å². The van der Waals surface area contributed by atoms with Crippen LogP contribution in [0.15, 0.2) is 29.0 Å². The minimum Gasteiger partial charge on any atom is -0.493 e. The van der Waals surface area contributed by atoms with E-state index in [0.717, 1.165) is 0 Å². The molecule has 0 aromatic carbocycles. The van der Waals surface area contributed by atoms with Crippen molar-refractivity contribution in [1.82, 2.24) is 15.6 Å². The smallest absolute Gasteiger partial charge is 0.210 e. The van der Waals surface area contributed by atoms with Crippen LogP contribution in [0.3, 0.4) is 0 Å². The van der Waals surface area contributed by atoms with Crippen molar-refractivity contribution in [3.05, 3.63) is 24.0 Å². The molecule has 0 radical (unpaired) electrons. The van der Waals surface area contributed by atoms with Gasteiger partial charge < -0.3 is 10.2 Å². The van der Waals surface area contributed by atoms with Gasteiger partial charge in [-0.05, 0) is 0 Å². The Balaban J connectivity index is 2.24. The lowest BCUT2D eigenvalue weighted by Gasteiger charge is -2.21. The lowest BCUT2D eigenvalue weighted by molar-refractivity contribution is 0.0432. The van der Waals surface area contributed by atoms with Crippen molar-refractivity contribution in [3.63, 3.8) is 0 Å². The first kappa shape index (κ1) is 7.14. The average Bonchev–Trinajstić information content (AvgIpc) is 2.49. The zero-order valence-electron chi connectivity index (χ0n) is 6.18. The summed E-state index contributed by atoms with van der Waals surface area (Å²) in [5, 5.41) is 20.8. The van der Waals surface area contributed by atoms with Crippen LogP contribution < -0.4 is 5.53 Å². The number of hydrogen-bond acceptors (Lipinski definition) is 6. The van der Waals surface area contributed by atoms with Crippen LogP contribution in [0, 0.1) is 0 Å². The van der Waals surface area contributed by atoms with Gasteiger partial charge in [-0.2, -0.15) is 0 Å². The van der Waals surface area contributed by atoms with Crippen LogP contribution in [0.1, 0.15) is 0 Å². The topological polar surface area (TPSA) is 71.3 Å². The summed E-state index contributed by atoms with van der Waals surface area (Å²) < 4.78 is 0. The van der Waals surface area contributed by atoms with Crippen LogP contribution in [-0.4, -0.2) is 33.2 Å². The number of hydrazine groups is 2. The van der Waals surface area contributed by atoms with Crippen molar-refractivity contribution in [2.24, 2.45) is 4.99 Å². The quantitative estimate of drug-likeness (QED) is 0.481. The van der Waals surface area contributed by atoms with E-state index in [4.69, 9.17) is 5.11 Å². The average molecular weight is 168 g/mol.